The van der Waals surface area contributed by atoms with Crippen LogP contribution in [0, 0.1) is 0 Å². The van der Waals surface area contributed by atoms with Crippen LogP contribution >= 0.6 is 0 Å². The van der Waals surface area contributed by atoms with Crippen molar-refractivity contribution in [1.82, 2.24) is 15.2 Å². The van der Waals surface area contributed by atoms with Gasteiger partial charge in [-0.3, -0.25) is 14.6 Å². The molecule has 29 heavy (non-hydrogen) atoms. The van der Waals surface area contributed by atoms with Crippen LogP contribution < -0.4 is 15.1 Å². The first-order valence-corrected chi connectivity index (χ1v) is 10.3. The largest absolute Gasteiger partial charge is 0.366 e. The average molecular weight is 391 g/mol. The van der Waals surface area contributed by atoms with E-state index in [0.29, 0.717) is 31.4 Å². The number of anilines is 2. The molecule has 1 N–H and O–H groups in total. The van der Waals surface area contributed by atoms with Gasteiger partial charge in [-0.1, -0.05) is 18.2 Å². The van der Waals surface area contributed by atoms with E-state index >= 15 is 0 Å². The third-order valence-corrected chi connectivity index (χ3v) is 6.11. The molecular formula is C22H25N5O2. The second-order valence-electron chi connectivity index (χ2n) is 7.96. The van der Waals surface area contributed by atoms with E-state index in [1.165, 1.54) is 11.3 Å². The van der Waals surface area contributed by atoms with Crippen molar-refractivity contribution in [1.29, 1.82) is 0 Å². The molecule has 7 heteroatoms. The first kappa shape index (κ1) is 18.0. The van der Waals surface area contributed by atoms with E-state index in [9.17, 15) is 9.59 Å². The molecule has 1 aromatic heterocycles. The van der Waals surface area contributed by atoms with Crippen LogP contribution in [0.2, 0.25) is 0 Å². The maximum Gasteiger partial charge on any atom is 0.272 e. The highest BCUT2D eigenvalue weighted by molar-refractivity contribution is 5.93. The van der Waals surface area contributed by atoms with Crippen LogP contribution in [0.25, 0.3) is 0 Å². The van der Waals surface area contributed by atoms with Gasteiger partial charge in [-0.05, 0) is 36.6 Å². The summed E-state index contributed by atoms with van der Waals surface area (Å²) in [6, 6.07) is 12.6. The lowest BCUT2D eigenvalue weighted by atomic mass is 10.1. The minimum atomic E-state index is -0.0221. The first-order valence-electron chi connectivity index (χ1n) is 10.3. The minimum Gasteiger partial charge on any atom is -0.366 e. The van der Waals surface area contributed by atoms with Gasteiger partial charge in [0.2, 0.25) is 5.91 Å². The number of hydrogen-bond donors (Lipinski definition) is 1. The molecule has 2 fully saturated rings. The molecule has 3 aliphatic heterocycles. The molecule has 2 aromatic rings. The molecule has 0 bridgehead atoms. The summed E-state index contributed by atoms with van der Waals surface area (Å²) in [7, 11) is 0. The number of nitrogens with zero attached hydrogens (tertiary/aromatic N) is 4. The zero-order chi connectivity index (χ0) is 19.8. The lowest BCUT2D eigenvalue weighted by molar-refractivity contribution is -0.120. The van der Waals surface area contributed by atoms with Crippen molar-refractivity contribution in [2.24, 2.45) is 0 Å². The summed E-state index contributed by atoms with van der Waals surface area (Å²) in [5.41, 5.74) is 4.02. The Morgan fingerprint density at radius 3 is 2.93 bits per heavy atom. The summed E-state index contributed by atoms with van der Waals surface area (Å²) in [5.74, 6) is -0.0135. The van der Waals surface area contributed by atoms with Crippen molar-refractivity contribution < 1.29 is 9.59 Å². The van der Waals surface area contributed by atoms with Gasteiger partial charge in [-0.15, -0.1) is 0 Å². The molecule has 0 spiro atoms. The number of carbonyl (C=O) groups excluding carboxylic acids is 2. The number of piperazine rings is 1. The van der Waals surface area contributed by atoms with Crippen LogP contribution in [0.4, 0.5) is 11.4 Å². The second-order valence-corrected chi connectivity index (χ2v) is 7.96. The lowest BCUT2D eigenvalue weighted by Crippen LogP contribution is -2.47. The van der Waals surface area contributed by atoms with E-state index < -0.39 is 0 Å². The van der Waals surface area contributed by atoms with Crippen molar-refractivity contribution in [2.45, 2.75) is 18.9 Å². The number of nitrogens with one attached hydrogen (secondary N) is 1. The zero-order valence-electron chi connectivity index (χ0n) is 16.4. The van der Waals surface area contributed by atoms with Crippen LogP contribution in [0.15, 0.2) is 42.6 Å². The molecule has 0 aliphatic carbocycles. The molecule has 5 rings (SSSR count). The van der Waals surface area contributed by atoms with E-state index in [1.807, 2.05) is 21.9 Å². The quantitative estimate of drug-likeness (QED) is 0.836. The van der Waals surface area contributed by atoms with Gasteiger partial charge in [0.1, 0.15) is 5.69 Å². The normalized spacial score (nSPS) is 21.3. The zero-order valence-corrected chi connectivity index (χ0v) is 16.4. The Morgan fingerprint density at radius 1 is 1.14 bits per heavy atom. The number of benzene rings is 1. The number of carbonyl (C=O) groups is 2. The number of aromatic nitrogens is 1. The monoisotopic (exact) mass is 391 g/mol. The molecule has 150 valence electrons. The first-order chi connectivity index (χ1) is 14.2. The van der Waals surface area contributed by atoms with E-state index in [0.717, 1.165) is 38.2 Å². The summed E-state index contributed by atoms with van der Waals surface area (Å²) >= 11 is 0. The van der Waals surface area contributed by atoms with E-state index in [2.05, 4.69) is 39.5 Å². The van der Waals surface area contributed by atoms with Crippen molar-refractivity contribution in [3.05, 3.63) is 53.9 Å². The van der Waals surface area contributed by atoms with Gasteiger partial charge >= 0.3 is 0 Å². The maximum absolute atomic E-state index is 13.3. The summed E-state index contributed by atoms with van der Waals surface area (Å²) in [6.45, 7) is 4.10. The highest BCUT2D eigenvalue weighted by Crippen LogP contribution is 2.33. The fourth-order valence-electron chi connectivity index (χ4n) is 4.71. The number of rotatable bonds is 2. The van der Waals surface area contributed by atoms with Crippen molar-refractivity contribution in [3.8, 4) is 0 Å². The Hall–Kier alpha value is -3.09. The van der Waals surface area contributed by atoms with Gasteiger partial charge in [-0.2, -0.15) is 0 Å². The summed E-state index contributed by atoms with van der Waals surface area (Å²) in [6.07, 6.45) is 3.60. The molecule has 7 nitrogen and oxygen atoms in total. The lowest BCUT2D eigenvalue weighted by Gasteiger charge is -2.29. The number of pyridine rings is 1. The van der Waals surface area contributed by atoms with Crippen LogP contribution in [0.5, 0.6) is 0 Å². The fraction of sp³-hybridized carbons (Fsp3) is 0.409. The number of hydrogen-bond acceptors (Lipinski definition) is 5. The van der Waals surface area contributed by atoms with Crippen LogP contribution in [-0.2, 0) is 11.2 Å². The van der Waals surface area contributed by atoms with Crippen molar-refractivity contribution >= 4 is 23.2 Å². The number of para-hydroxylation sites is 1. The Labute approximate surface area is 170 Å². The molecule has 3 aliphatic rings. The number of amides is 2. The maximum atomic E-state index is 13.3. The second kappa shape index (κ2) is 7.39. The van der Waals surface area contributed by atoms with Crippen molar-refractivity contribution in [3.63, 3.8) is 0 Å². The van der Waals surface area contributed by atoms with Crippen LogP contribution in [-0.4, -0.2) is 67.0 Å². The fourth-order valence-corrected chi connectivity index (χ4v) is 4.71. The van der Waals surface area contributed by atoms with Gasteiger partial charge in [-0.25, -0.2) is 0 Å². The smallest absolute Gasteiger partial charge is 0.272 e. The Bertz CT molecular complexity index is 946. The molecule has 1 aromatic carbocycles. The Morgan fingerprint density at radius 2 is 2.03 bits per heavy atom. The SMILES string of the molecule is O=C1CN(c2ccnc(C(=O)N3CCCN4c5ccccc5CC4C3)c2)CCN1. The molecule has 0 saturated carbocycles. The van der Waals surface area contributed by atoms with Crippen LogP contribution in [0.3, 0.4) is 0 Å². The van der Waals surface area contributed by atoms with Gasteiger partial charge in [0.25, 0.3) is 5.91 Å². The van der Waals surface area contributed by atoms with E-state index in [1.54, 1.807) is 6.20 Å². The molecule has 1 unspecified atom stereocenters. The summed E-state index contributed by atoms with van der Waals surface area (Å²) < 4.78 is 0. The summed E-state index contributed by atoms with van der Waals surface area (Å²) in [5, 5.41) is 2.83. The van der Waals surface area contributed by atoms with E-state index in [4.69, 9.17) is 0 Å². The Balaban J connectivity index is 1.33. The van der Waals surface area contributed by atoms with Gasteiger partial charge in [0.15, 0.2) is 0 Å². The third-order valence-electron chi connectivity index (χ3n) is 6.11. The Kier molecular flexibility index (Phi) is 4.58. The van der Waals surface area contributed by atoms with Gasteiger partial charge in [0.05, 0.1) is 12.6 Å². The van der Waals surface area contributed by atoms with E-state index in [-0.39, 0.29) is 11.8 Å². The highest BCUT2D eigenvalue weighted by Gasteiger charge is 2.34. The predicted octanol–water partition coefficient (Wildman–Crippen LogP) is 1.29. The molecular weight excluding hydrogens is 366 g/mol. The van der Waals surface area contributed by atoms with Gasteiger partial charge in [0, 0.05) is 50.3 Å². The van der Waals surface area contributed by atoms with Gasteiger partial charge < -0.3 is 20.0 Å². The summed E-state index contributed by atoms with van der Waals surface area (Å²) in [4.78, 5) is 35.7. The number of fused-ring (bicyclic) bond motifs is 3. The molecule has 2 saturated heterocycles. The molecule has 0 radical (unpaired) electrons. The topological polar surface area (TPSA) is 68.8 Å². The minimum absolute atomic E-state index is 0.00866. The third kappa shape index (κ3) is 3.41. The molecule has 2 amide bonds. The average Bonchev–Trinajstić information content (AvgIpc) is 2.96. The highest BCUT2D eigenvalue weighted by atomic mass is 16.2. The molecule has 1 atom stereocenters. The molecule has 4 heterocycles. The van der Waals surface area contributed by atoms with Crippen LogP contribution in [0.1, 0.15) is 22.5 Å². The predicted molar refractivity (Wildman–Crippen MR) is 111 cm³/mol. The standard InChI is InChI=1S/C22H25N5O2/c28-21-15-25(11-8-24-21)17-6-7-23-19(13-17)22(29)26-9-3-10-27-18(14-26)12-16-4-1-2-5-20(16)27/h1-2,4-7,13,18H,3,8-12,14-15H2,(H,24,28). The van der Waals surface area contributed by atoms with Crippen molar-refractivity contribution in [2.75, 3.05) is 49.1 Å².